The summed E-state index contributed by atoms with van der Waals surface area (Å²) >= 11 is 0. The zero-order valence-electron chi connectivity index (χ0n) is 11.1. The van der Waals surface area contributed by atoms with E-state index in [4.69, 9.17) is 0 Å². The molecule has 0 amide bonds. The largest absolute Gasteiger partial charge is 0.313 e. The molecule has 0 aliphatic heterocycles. The lowest BCUT2D eigenvalue weighted by molar-refractivity contribution is 0.716. The fourth-order valence-corrected chi connectivity index (χ4v) is 1.78. The van der Waals surface area contributed by atoms with Gasteiger partial charge in [0.2, 0.25) is 0 Å². The fraction of sp³-hybridized carbons (Fsp3) is 0.357. The van der Waals surface area contributed by atoms with Crippen molar-refractivity contribution in [3.63, 3.8) is 0 Å². The molecule has 0 aromatic carbocycles. The van der Waals surface area contributed by atoms with Crippen molar-refractivity contribution in [2.75, 3.05) is 6.54 Å². The van der Waals surface area contributed by atoms with Crippen molar-refractivity contribution in [2.45, 2.75) is 27.3 Å². The van der Waals surface area contributed by atoms with Crippen LogP contribution in [0.2, 0.25) is 0 Å². The smallest absolute Gasteiger partial charge is 0.159 e. The summed E-state index contributed by atoms with van der Waals surface area (Å²) in [5.41, 5.74) is 4.31. The minimum absolute atomic E-state index is 0.771. The van der Waals surface area contributed by atoms with Crippen LogP contribution in [0.25, 0.3) is 11.4 Å². The molecule has 0 radical (unpaired) electrons. The van der Waals surface area contributed by atoms with Crippen LogP contribution in [0.15, 0.2) is 24.7 Å². The molecule has 0 bridgehead atoms. The number of aromatic nitrogens is 3. The molecule has 0 saturated carbocycles. The van der Waals surface area contributed by atoms with Crippen LogP contribution in [-0.2, 0) is 6.54 Å². The van der Waals surface area contributed by atoms with Crippen LogP contribution >= 0.6 is 0 Å². The minimum atomic E-state index is 0.771. The van der Waals surface area contributed by atoms with Crippen molar-refractivity contribution in [3.8, 4) is 11.4 Å². The van der Waals surface area contributed by atoms with Gasteiger partial charge in [-0.25, -0.2) is 9.97 Å². The molecule has 0 spiro atoms. The van der Waals surface area contributed by atoms with Gasteiger partial charge in [0.25, 0.3) is 0 Å². The van der Waals surface area contributed by atoms with Crippen LogP contribution in [0.4, 0.5) is 0 Å². The van der Waals surface area contributed by atoms with E-state index in [1.54, 1.807) is 6.20 Å². The van der Waals surface area contributed by atoms with Crippen LogP contribution < -0.4 is 5.32 Å². The summed E-state index contributed by atoms with van der Waals surface area (Å²) in [6, 6.07) is 1.95. The van der Waals surface area contributed by atoms with Crippen molar-refractivity contribution in [1.29, 1.82) is 0 Å². The van der Waals surface area contributed by atoms with E-state index in [1.165, 1.54) is 0 Å². The molecule has 0 saturated heterocycles. The van der Waals surface area contributed by atoms with Crippen molar-refractivity contribution in [3.05, 3.63) is 41.5 Å². The van der Waals surface area contributed by atoms with E-state index in [2.05, 4.69) is 27.2 Å². The van der Waals surface area contributed by atoms with Gasteiger partial charge in [0.05, 0.1) is 0 Å². The maximum Gasteiger partial charge on any atom is 0.159 e. The van der Waals surface area contributed by atoms with Gasteiger partial charge in [-0.3, -0.25) is 4.98 Å². The highest BCUT2D eigenvalue weighted by Crippen LogP contribution is 2.19. The second-order valence-electron chi connectivity index (χ2n) is 4.28. The number of hydrogen-bond acceptors (Lipinski definition) is 4. The summed E-state index contributed by atoms with van der Waals surface area (Å²) in [6.45, 7) is 7.90. The molecule has 2 heterocycles. The Bertz CT molecular complexity index is 537. The molecular formula is C14H18N4. The third-order valence-electron chi connectivity index (χ3n) is 2.91. The summed E-state index contributed by atoms with van der Waals surface area (Å²) in [4.78, 5) is 13.1. The second kappa shape index (κ2) is 5.69. The first-order valence-electron chi connectivity index (χ1n) is 6.16. The lowest BCUT2D eigenvalue weighted by Gasteiger charge is -2.08. The Hall–Kier alpha value is -1.81. The standard InChI is InChI=1S/C14H18N4/c1-4-15-8-12-9-17-14(18-11(12)3)13-5-6-16-7-10(13)2/h5-7,9,15H,4,8H2,1-3H3. The van der Waals surface area contributed by atoms with Gasteiger partial charge in [0, 0.05) is 42.0 Å². The van der Waals surface area contributed by atoms with E-state index in [0.29, 0.717) is 0 Å². The monoisotopic (exact) mass is 242 g/mol. The van der Waals surface area contributed by atoms with Crippen molar-refractivity contribution in [1.82, 2.24) is 20.3 Å². The Morgan fingerprint density at radius 1 is 1.22 bits per heavy atom. The Labute approximate surface area is 108 Å². The highest BCUT2D eigenvalue weighted by atomic mass is 14.9. The normalized spacial score (nSPS) is 10.6. The van der Waals surface area contributed by atoms with Gasteiger partial charge in [0.1, 0.15) is 0 Å². The van der Waals surface area contributed by atoms with Crippen molar-refractivity contribution in [2.24, 2.45) is 0 Å². The zero-order valence-corrected chi connectivity index (χ0v) is 11.1. The van der Waals surface area contributed by atoms with E-state index in [1.807, 2.05) is 32.3 Å². The molecule has 0 unspecified atom stereocenters. The Balaban J connectivity index is 2.32. The van der Waals surface area contributed by atoms with Crippen LogP contribution in [0.3, 0.4) is 0 Å². The fourth-order valence-electron chi connectivity index (χ4n) is 1.78. The third-order valence-corrected chi connectivity index (χ3v) is 2.91. The topological polar surface area (TPSA) is 50.7 Å². The van der Waals surface area contributed by atoms with E-state index in [-0.39, 0.29) is 0 Å². The summed E-state index contributed by atoms with van der Waals surface area (Å²) in [5, 5.41) is 3.29. The Morgan fingerprint density at radius 3 is 2.72 bits per heavy atom. The molecule has 4 nitrogen and oxygen atoms in total. The van der Waals surface area contributed by atoms with Gasteiger partial charge < -0.3 is 5.32 Å². The average molecular weight is 242 g/mol. The zero-order chi connectivity index (χ0) is 13.0. The predicted octanol–water partition coefficient (Wildman–Crippen LogP) is 2.26. The van der Waals surface area contributed by atoms with Crippen LogP contribution in [0.5, 0.6) is 0 Å². The quantitative estimate of drug-likeness (QED) is 0.893. The van der Waals surface area contributed by atoms with Crippen molar-refractivity contribution < 1.29 is 0 Å². The van der Waals surface area contributed by atoms with Gasteiger partial charge in [-0.15, -0.1) is 0 Å². The average Bonchev–Trinajstić information content (AvgIpc) is 2.38. The Morgan fingerprint density at radius 2 is 2.06 bits per heavy atom. The Kier molecular flexibility index (Phi) is 3.99. The van der Waals surface area contributed by atoms with Gasteiger partial charge in [-0.1, -0.05) is 6.92 Å². The number of nitrogens with zero attached hydrogens (tertiary/aromatic N) is 3. The molecule has 2 aromatic heterocycles. The summed E-state index contributed by atoms with van der Waals surface area (Å²) < 4.78 is 0. The van der Waals surface area contributed by atoms with Gasteiger partial charge in [-0.05, 0) is 32.0 Å². The highest BCUT2D eigenvalue weighted by Gasteiger charge is 2.07. The summed E-state index contributed by atoms with van der Waals surface area (Å²) in [5.74, 6) is 0.771. The second-order valence-corrected chi connectivity index (χ2v) is 4.28. The first-order chi connectivity index (χ1) is 8.72. The third kappa shape index (κ3) is 2.71. The molecular weight excluding hydrogens is 224 g/mol. The molecule has 0 aliphatic rings. The first kappa shape index (κ1) is 12.6. The molecule has 18 heavy (non-hydrogen) atoms. The molecule has 94 valence electrons. The van der Waals surface area contributed by atoms with E-state index >= 15 is 0 Å². The summed E-state index contributed by atoms with van der Waals surface area (Å²) in [7, 11) is 0. The lowest BCUT2D eigenvalue weighted by Crippen LogP contribution is -2.13. The maximum absolute atomic E-state index is 4.58. The van der Waals surface area contributed by atoms with Gasteiger partial charge >= 0.3 is 0 Å². The molecule has 0 aliphatic carbocycles. The van der Waals surface area contributed by atoms with Crippen molar-refractivity contribution >= 4 is 0 Å². The van der Waals surface area contributed by atoms with Crippen LogP contribution in [-0.4, -0.2) is 21.5 Å². The molecule has 4 heteroatoms. The number of nitrogens with one attached hydrogen (secondary N) is 1. The van der Waals surface area contributed by atoms with Gasteiger partial charge in [-0.2, -0.15) is 0 Å². The molecule has 0 fully saturated rings. The van der Waals surface area contributed by atoms with Crippen LogP contribution in [0.1, 0.15) is 23.7 Å². The predicted molar refractivity (Wildman–Crippen MR) is 72.1 cm³/mol. The van der Waals surface area contributed by atoms with E-state index < -0.39 is 0 Å². The molecule has 2 aromatic rings. The summed E-state index contributed by atoms with van der Waals surface area (Å²) in [6.07, 6.45) is 5.51. The number of rotatable bonds is 4. The SMILES string of the molecule is CCNCc1cnc(-c2ccncc2C)nc1C. The van der Waals surface area contributed by atoms with E-state index in [9.17, 15) is 0 Å². The minimum Gasteiger partial charge on any atom is -0.313 e. The molecule has 0 atom stereocenters. The first-order valence-corrected chi connectivity index (χ1v) is 6.16. The highest BCUT2D eigenvalue weighted by molar-refractivity contribution is 5.58. The molecule has 1 N–H and O–H groups in total. The number of aryl methyl sites for hydroxylation is 2. The maximum atomic E-state index is 4.58. The number of hydrogen-bond donors (Lipinski definition) is 1. The number of pyridine rings is 1. The van der Waals surface area contributed by atoms with Gasteiger partial charge in [0.15, 0.2) is 5.82 Å². The van der Waals surface area contributed by atoms with E-state index in [0.717, 1.165) is 41.3 Å². The molecule has 2 rings (SSSR count). The lowest BCUT2D eigenvalue weighted by atomic mass is 10.1. The van der Waals surface area contributed by atoms with Crippen LogP contribution in [0, 0.1) is 13.8 Å².